The Morgan fingerprint density at radius 1 is 1.23 bits per heavy atom. The van der Waals surface area contributed by atoms with Gasteiger partial charge in [0.2, 0.25) is 0 Å². The minimum atomic E-state index is -0.453. The van der Waals surface area contributed by atoms with Crippen molar-refractivity contribution in [2.24, 2.45) is 0 Å². The van der Waals surface area contributed by atoms with Crippen LogP contribution in [-0.4, -0.2) is 32.0 Å². The molecule has 3 aromatic rings. The van der Waals surface area contributed by atoms with E-state index in [4.69, 9.17) is 8.83 Å². The molecular formula is C18H19N3O4S. The summed E-state index contributed by atoms with van der Waals surface area (Å²) in [6, 6.07) is 1.75. The van der Waals surface area contributed by atoms with Crippen molar-refractivity contribution in [3.63, 3.8) is 0 Å². The molecule has 3 rings (SSSR count). The van der Waals surface area contributed by atoms with Crippen LogP contribution in [0.25, 0.3) is 11.5 Å². The first kappa shape index (κ1) is 18.2. The number of nitrogens with one attached hydrogen (secondary N) is 1. The number of ketones is 2. The number of carbonyl (C=O) groups excluding carboxylic acids is 2. The summed E-state index contributed by atoms with van der Waals surface area (Å²) in [7, 11) is 0. The average molecular weight is 373 g/mol. The van der Waals surface area contributed by atoms with Crippen molar-refractivity contribution in [1.29, 1.82) is 0 Å². The van der Waals surface area contributed by atoms with Gasteiger partial charge in [-0.25, -0.2) is 0 Å². The van der Waals surface area contributed by atoms with Crippen molar-refractivity contribution in [1.82, 2.24) is 15.2 Å². The maximum Gasteiger partial charge on any atom is 0.277 e. The van der Waals surface area contributed by atoms with Crippen LogP contribution in [0.1, 0.15) is 51.7 Å². The topological polar surface area (TPSA) is 102 Å². The van der Waals surface area contributed by atoms with Gasteiger partial charge in [-0.05, 0) is 46.2 Å². The summed E-state index contributed by atoms with van der Waals surface area (Å²) in [6.45, 7) is 8.63. The van der Waals surface area contributed by atoms with Crippen LogP contribution in [0.5, 0.6) is 0 Å². The van der Waals surface area contributed by atoms with Crippen molar-refractivity contribution in [3.8, 4) is 11.5 Å². The summed E-state index contributed by atoms with van der Waals surface area (Å²) in [4.78, 5) is 27.6. The van der Waals surface area contributed by atoms with Crippen molar-refractivity contribution < 1.29 is 18.4 Å². The van der Waals surface area contributed by atoms with Gasteiger partial charge in [0.05, 0.1) is 22.8 Å². The number of hydrogen-bond donors (Lipinski definition) is 1. The highest BCUT2D eigenvalue weighted by Gasteiger charge is 2.26. The normalized spacial score (nSPS) is 12.3. The van der Waals surface area contributed by atoms with Gasteiger partial charge < -0.3 is 13.8 Å². The molecule has 3 aromatic heterocycles. The zero-order valence-corrected chi connectivity index (χ0v) is 16.0. The van der Waals surface area contributed by atoms with Crippen molar-refractivity contribution in [2.75, 3.05) is 0 Å². The Morgan fingerprint density at radius 2 is 1.96 bits per heavy atom. The van der Waals surface area contributed by atoms with E-state index in [0.717, 1.165) is 5.56 Å². The Hall–Kier alpha value is -2.61. The van der Waals surface area contributed by atoms with Crippen LogP contribution in [0.15, 0.2) is 26.4 Å². The van der Waals surface area contributed by atoms with Crippen LogP contribution in [-0.2, 0) is 0 Å². The van der Waals surface area contributed by atoms with E-state index in [9.17, 15) is 9.59 Å². The Bertz CT molecular complexity index is 983. The summed E-state index contributed by atoms with van der Waals surface area (Å²) >= 11 is 1.18. The number of hydrogen-bond acceptors (Lipinski definition) is 7. The van der Waals surface area contributed by atoms with E-state index in [2.05, 4.69) is 15.2 Å². The fourth-order valence-corrected chi connectivity index (χ4v) is 3.65. The lowest BCUT2D eigenvalue weighted by Gasteiger charge is -2.07. The highest BCUT2D eigenvalue weighted by Crippen LogP contribution is 2.30. The number of thioether (sulfide) groups is 1. The summed E-state index contributed by atoms with van der Waals surface area (Å²) < 4.78 is 10.9. The predicted molar refractivity (Wildman–Crippen MR) is 96.7 cm³/mol. The number of carbonyl (C=O) groups is 2. The molecule has 0 saturated heterocycles. The molecule has 1 N–H and O–H groups in total. The molecule has 0 unspecified atom stereocenters. The summed E-state index contributed by atoms with van der Waals surface area (Å²) in [5, 5.41) is 7.84. The predicted octanol–water partition coefficient (Wildman–Crippen LogP) is 4.15. The first-order valence-corrected chi connectivity index (χ1v) is 8.96. The van der Waals surface area contributed by atoms with Crippen molar-refractivity contribution in [2.45, 2.75) is 45.1 Å². The van der Waals surface area contributed by atoms with Gasteiger partial charge in [0.25, 0.3) is 11.1 Å². The minimum Gasteiger partial charge on any atom is -0.469 e. The maximum atomic E-state index is 12.8. The molecular weight excluding hydrogens is 354 g/mol. The standard InChI is InChI=1S/C18H19N3O4S/c1-8-14(10(3)22)9(2)19-15(8)16(23)12(5)26-18-21-20-17(25-18)13-6-7-24-11(13)4/h6-7,12,19H,1-5H3/t12-/m0/s1. The van der Waals surface area contributed by atoms with Crippen LogP contribution in [0.2, 0.25) is 0 Å². The van der Waals surface area contributed by atoms with Crippen LogP contribution in [0, 0.1) is 20.8 Å². The number of H-pyrrole nitrogens is 1. The monoisotopic (exact) mass is 373 g/mol. The van der Waals surface area contributed by atoms with Crippen LogP contribution in [0.4, 0.5) is 0 Å². The lowest BCUT2D eigenvalue weighted by Crippen LogP contribution is -2.15. The first-order chi connectivity index (χ1) is 12.3. The van der Waals surface area contributed by atoms with E-state index in [0.29, 0.717) is 39.4 Å². The average Bonchev–Trinajstić information content (AvgIpc) is 3.26. The Balaban J connectivity index is 1.79. The molecule has 0 aromatic carbocycles. The van der Waals surface area contributed by atoms with E-state index in [-0.39, 0.29) is 11.6 Å². The second-order valence-corrected chi connectivity index (χ2v) is 7.36. The molecule has 0 aliphatic rings. The molecule has 7 nitrogen and oxygen atoms in total. The lowest BCUT2D eigenvalue weighted by molar-refractivity contribution is 0.0988. The molecule has 0 bridgehead atoms. The molecule has 0 amide bonds. The van der Waals surface area contributed by atoms with E-state index in [1.165, 1.54) is 18.7 Å². The zero-order chi connectivity index (χ0) is 19.0. The highest BCUT2D eigenvalue weighted by atomic mass is 32.2. The number of nitrogens with zero attached hydrogens (tertiary/aromatic N) is 2. The number of aryl methyl sites for hydroxylation is 2. The number of aromatic nitrogens is 3. The smallest absolute Gasteiger partial charge is 0.277 e. The third-order valence-corrected chi connectivity index (χ3v) is 5.11. The van der Waals surface area contributed by atoms with Crippen LogP contribution < -0.4 is 0 Å². The molecule has 8 heteroatoms. The largest absolute Gasteiger partial charge is 0.469 e. The number of aromatic amines is 1. The fourth-order valence-electron chi connectivity index (χ4n) is 2.91. The van der Waals surface area contributed by atoms with Gasteiger partial charge in [-0.1, -0.05) is 11.8 Å². The zero-order valence-electron chi connectivity index (χ0n) is 15.2. The van der Waals surface area contributed by atoms with E-state index < -0.39 is 5.25 Å². The molecule has 26 heavy (non-hydrogen) atoms. The van der Waals surface area contributed by atoms with Gasteiger partial charge >= 0.3 is 0 Å². The van der Waals surface area contributed by atoms with E-state index in [1.54, 1.807) is 40.0 Å². The minimum absolute atomic E-state index is 0.0624. The molecule has 3 heterocycles. The van der Waals surface area contributed by atoms with Crippen LogP contribution >= 0.6 is 11.8 Å². The quantitative estimate of drug-likeness (QED) is 0.511. The molecule has 0 aliphatic heterocycles. The third kappa shape index (κ3) is 3.24. The Kier molecular flexibility index (Phi) is 4.86. The van der Waals surface area contributed by atoms with Gasteiger partial charge in [0, 0.05) is 11.3 Å². The van der Waals surface area contributed by atoms with E-state index in [1.807, 2.05) is 0 Å². The summed E-state index contributed by atoms with van der Waals surface area (Å²) in [5.41, 5.74) is 3.11. The molecule has 0 spiro atoms. The fraction of sp³-hybridized carbons (Fsp3) is 0.333. The van der Waals surface area contributed by atoms with Crippen molar-refractivity contribution in [3.05, 3.63) is 40.6 Å². The molecule has 0 fully saturated rings. The second kappa shape index (κ2) is 6.95. The van der Waals surface area contributed by atoms with E-state index >= 15 is 0 Å². The number of furan rings is 1. The lowest BCUT2D eigenvalue weighted by atomic mass is 10.0. The Morgan fingerprint density at radius 3 is 2.54 bits per heavy atom. The molecule has 0 radical (unpaired) electrons. The van der Waals surface area contributed by atoms with Crippen LogP contribution in [0.3, 0.4) is 0 Å². The van der Waals surface area contributed by atoms with Crippen molar-refractivity contribution >= 4 is 23.3 Å². The number of Topliss-reactive ketones (excluding diaryl/α,β-unsaturated/α-hetero) is 2. The second-order valence-electron chi connectivity index (χ2n) is 6.07. The first-order valence-electron chi connectivity index (χ1n) is 8.08. The molecule has 0 saturated carbocycles. The van der Waals surface area contributed by atoms with Gasteiger partial charge in [-0.15, -0.1) is 10.2 Å². The van der Waals surface area contributed by atoms with Gasteiger partial charge in [0.1, 0.15) is 5.76 Å². The maximum absolute atomic E-state index is 12.8. The summed E-state index contributed by atoms with van der Waals surface area (Å²) in [5.74, 6) is 0.850. The molecule has 0 aliphatic carbocycles. The number of rotatable bonds is 6. The third-order valence-electron chi connectivity index (χ3n) is 4.18. The van der Waals surface area contributed by atoms with Gasteiger partial charge in [-0.3, -0.25) is 9.59 Å². The van der Waals surface area contributed by atoms with Gasteiger partial charge in [0.15, 0.2) is 11.6 Å². The Labute approximate surface area is 154 Å². The SMILES string of the molecule is CC(=O)c1c(C)[nH]c(C(=O)[C@H](C)Sc2nnc(-c3ccoc3C)o2)c1C. The molecule has 1 atom stereocenters. The highest BCUT2D eigenvalue weighted by molar-refractivity contribution is 8.00. The summed E-state index contributed by atoms with van der Waals surface area (Å²) in [6.07, 6.45) is 1.55. The van der Waals surface area contributed by atoms with Gasteiger partial charge in [-0.2, -0.15) is 0 Å². The molecule has 136 valence electrons.